The minimum Gasteiger partial charge on any atom is -0.496 e. The largest absolute Gasteiger partial charge is 0.496 e. The van der Waals surface area contributed by atoms with Crippen LogP contribution in [0.4, 0.5) is 0 Å². The summed E-state index contributed by atoms with van der Waals surface area (Å²) in [5.74, 6) is 0.906. The van der Waals surface area contributed by atoms with Crippen LogP contribution in [0.1, 0.15) is 36.0 Å². The average molecular weight is 403 g/mol. The number of methoxy groups -OCH3 is 1. The minimum atomic E-state index is 0.153. The van der Waals surface area contributed by atoms with Gasteiger partial charge in [-0.3, -0.25) is 4.79 Å². The van der Waals surface area contributed by atoms with E-state index in [0.717, 1.165) is 41.5 Å². The first-order valence-electron chi connectivity index (χ1n) is 6.90. The van der Waals surface area contributed by atoms with Gasteiger partial charge >= 0.3 is 0 Å². The summed E-state index contributed by atoms with van der Waals surface area (Å²) in [7, 11) is 1.63. The van der Waals surface area contributed by atoms with Crippen LogP contribution in [0, 0.1) is 0 Å². The molecule has 2 fully saturated rings. The van der Waals surface area contributed by atoms with Gasteiger partial charge in [-0.15, -0.1) is 0 Å². The number of ether oxygens (including phenoxy) is 1. The van der Waals surface area contributed by atoms with Crippen LogP contribution in [0.25, 0.3) is 0 Å². The zero-order chi connectivity index (χ0) is 14.3. The zero-order valence-corrected chi connectivity index (χ0v) is 14.5. The third kappa shape index (κ3) is 2.50. The van der Waals surface area contributed by atoms with Gasteiger partial charge in [-0.05, 0) is 59.8 Å². The number of benzene rings is 1. The summed E-state index contributed by atoms with van der Waals surface area (Å²) in [5.41, 5.74) is 0.739. The summed E-state index contributed by atoms with van der Waals surface area (Å²) in [6.45, 7) is 0. The molecule has 2 aliphatic rings. The summed E-state index contributed by atoms with van der Waals surface area (Å²) in [5, 5.41) is 0. The number of hydrogen-bond acceptors (Lipinski definition) is 2. The molecule has 2 unspecified atom stereocenters. The molecule has 0 saturated carbocycles. The van der Waals surface area contributed by atoms with Crippen molar-refractivity contribution in [3.8, 4) is 5.75 Å². The lowest BCUT2D eigenvalue weighted by molar-refractivity contribution is 0.0603. The third-order valence-corrected chi connectivity index (χ3v) is 5.68. The Morgan fingerprint density at radius 1 is 1.30 bits per heavy atom. The molecule has 108 valence electrons. The molecule has 2 saturated heterocycles. The standard InChI is InChI=1S/C15H17Br2NO2/c1-20-14-5-2-9(6-13(14)17)15(19)18-11-3-4-12(18)8-10(16)7-11/h2,5-6,10-12H,3-4,7-8H2,1H3. The van der Waals surface area contributed by atoms with Crippen LogP contribution >= 0.6 is 31.9 Å². The second-order valence-corrected chi connectivity index (χ2v) is 7.66. The van der Waals surface area contributed by atoms with Gasteiger partial charge in [-0.1, -0.05) is 15.9 Å². The molecule has 20 heavy (non-hydrogen) atoms. The molecule has 2 heterocycles. The van der Waals surface area contributed by atoms with E-state index in [0.29, 0.717) is 16.9 Å². The summed E-state index contributed by atoms with van der Waals surface area (Å²) in [4.78, 5) is 15.4. The lowest BCUT2D eigenvalue weighted by Gasteiger charge is -2.37. The molecule has 3 nitrogen and oxygen atoms in total. The van der Waals surface area contributed by atoms with Crippen LogP contribution in [-0.4, -0.2) is 34.8 Å². The monoisotopic (exact) mass is 401 g/mol. The lowest BCUT2D eigenvalue weighted by atomic mass is 10.0. The van der Waals surface area contributed by atoms with Gasteiger partial charge in [0, 0.05) is 22.5 Å². The van der Waals surface area contributed by atoms with Crippen molar-refractivity contribution < 1.29 is 9.53 Å². The zero-order valence-electron chi connectivity index (χ0n) is 11.3. The maximum atomic E-state index is 12.8. The molecule has 0 N–H and O–H groups in total. The van der Waals surface area contributed by atoms with Crippen molar-refractivity contribution in [2.45, 2.75) is 42.6 Å². The number of piperidine rings is 1. The molecule has 2 atom stereocenters. The molecular formula is C15H17Br2NO2. The van der Waals surface area contributed by atoms with Crippen molar-refractivity contribution in [1.29, 1.82) is 0 Å². The summed E-state index contributed by atoms with van der Waals surface area (Å²) in [6, 6.07) is 6.35. The van der Waals surface area contributed by atoms with Crippen LogP contribution in [0.5, 0.6) is 5.75 Å². The quantitative estimate of drug-likeness (QED) is 0.700. The number of hydrogen-bond donors (Lipinski definition) is 0. The average Bonchev–Trinajstić information content (AvgIpc) is 2.70. The molecule has 0 radical (unpaired) electrons. The highest BCUT2D eigenvalue weighted by molar-refractivity contribution is 9.10. The fraction of sp³-hybridized carbons (Fsp3) is 0.533. The number of nitrogens with zero attached hydrogens (tertiary/aromatic N) is 1. The Hall–Kier alpha value is -0.550. The summed E-state index contributed by atoms with van der Waals surface area (Å²) >= 11 is 7.16. The highest BCUT2D eigenvalue weighted by atomic mass is 79.9. The van der Waals surface area contributed by atoms with Crippen molar-refractivity contribution in [3.05, 3.63) is 28.2 Å². The first-order chi connectivity index (χ1) is 9.60. The predicted octanol–water partition coefficient (Wildman–Crippen LogP) is 3.99. The Kier molecular flexibility index (Phi) is 4.09. The molecule has 3 rings (SSSR count). The van der Waals surface area contributed by atoms with Gasteiger partial charge in [-0.2, -0.15) is 0 Å². The summed E-state index contributed by atoms with van der Waals surface area (Å²) < 4.78 is 6.04. The smallest absolute Gasteiger partial charge is 0.254 e. The fourth-order valence-electron chi connectivity index (χ4n) is 3.39. The van der Waals surface area contributed by atoms with Crippen molar-refractivity contribution in [3.63, 3.8) is 0 Å². The number of amides is 1. The highest BCUT2D eigenvalue weighted by Crippen LogP contribution is 2.39. The maximum Gasteiger partial charge on any atom is 0.254 e. The molecular weight excluding hydrogens is 386 g/mol. The maximum absolute atomic E-state index is 12.8. The fourth-order valence-corrected chi connectivity index (χ4v) is 4.79. The Morgan fingerprint density at radius 3 is 2.50 bits per heavy atom. The van der Waals surface area contributed by atoms with E-state index in [-0.39, 0.29) is 5.91 Å². The van der Waals surface area contributed by atoms with Gasteiger partial charge in [0.1, 0.15) is 5.75 Å². The number of halogens is 2. The topological polar surface area (TPSA) is 29.5 Å². The van der Waals surface area contributed by atoms with Gasteiger partial charge in [0.25, 0.3) is 5.91 Å². The van der Waals surface area contributed by atoms with Crippen molar-refractivity contribution >= 4 is 37.8 Å². The van der Waals surface area contributed by atoms with Gasteiger partial charge in [0.05, 0.1) is 11.6 Å². The van der Waals surface area contributed by atoms with E-state index in [2.05, 4.69) is 36.8 Å². The minimum absolute atomic E-state index is 0.153. The predicted molar refractivity (Wildman–Crippen MR) is 85.6 cm³/mol. The van der Waals surface area contributed by atoms with Gasteiger partial charge in [0.2, 0.25) is 0 Å². The molecule has 1 aromatic carbocycles. The van der Waals surface area contributed by atoms with Crippen LogP contribution < -0.4 is 4.74 Å². The normalized spacial score (nSPS) is 28.6. The molecule has 2 aliphatic heterocycles. The third-order valence-electron chi connectivity index (χ3n) is 4.31. The van der Waals surface area contributed by atoms with Crippen molar-refractivity contribution in [2.24, 2.45) is 0 Å². The van der Waals surface area contributed by atoms with E-state index in [1.165, 1.54) is 0 Å². The van der Waals surface area contributed by atoms with Gasteiger partial charge in [0.15, 0.2) is 0 Å². The highest BCUT2D eigenvalue weighted by Gasteiger charge is 2.42. The second kappa shape index (κ2) is 5.68. The first-order valence-corrected chi connectivity index (χ1v) is 8.61. The molecule has 5 heteroatoms. The molecule has 1 amide bonds. The lowest BCUT2D eigenvalue weighted by Crippen LogP contribution is -2.46. The van der Waals surface area contributed by atoms with Gasteiger partial charge in [-0.25, -0.2) is 0 Å². The number of fused-ring (bicyclic) bond motifs is 2. The van der Waals surface area contributed by atoms with E-state index >= 15 is 0 Å². The van der Waals surface area contributed by atoms with Crippen molar-refractivity contribution in [2.75, 3.05) is 7.11 Å². The van der Waals surface area contributed by atoms with Crippen LogP contribution in [0.15, 0.2) is 22.7 Å². The molecule has 0 aromatic heterocycles. The molecule has 0 spiro atoms. The number of carbonyl (C=O) groups excluding carboxylic acids is 1. The Bertz CT molecular complexity index is 521. The first kappa shape index (κ1) is 14.4. The molecule has 0 aliphatic carbocycles. The van der Waals surface area contributed by atoms with Crippen LogP contribution in [-0.2, 0) is 0 Å². The molecule has 1 aromatic rings. The molecule has 2 bridgehead atoms. The number of carbonyl (C=O) groups is 1. The van der Waals surface area contributed by atoms with E-state index in [1.807, 2.05) is 18.2 Å². The Labute approximate surface area is 135 Å². The van der Waals surface area contributed by atoms with E-state index < -0.39 is 0 Å². The number of alkyl halides is 1. The number of rotatable bonds is 2. The van der Waals surface area contributed by atoms with Crippen molar-refractivity contribution in [1.82, 2.24) is 4.90 Å². The van der Waals surface area contributed by atoms with Crippen LogP contribution in [0.3, 0.4) is 0 Å². The van der Waals surface area contributed by atoms with Crippen LogP contribution in [0.2, 0.25) is 0 Å². The van der Waals surface area contributed by atoms with E-state index in [9.17, 15) is 4.79 Å². The summed E-state index contributed by atoms with van der Waals surface area (Å²) in [6.07, 6.45) is 4.41. The van der Waals surface area contributed by atoms with E-state index in [1.54, 1.807) is 7.11 Å². The Morgan fingerprint density at radius 2 is 1.95 bits per heavy atom. The second-order valence-electron chi connectivity index (χ2n) is 5.52. The SMILES string of the molecule is COc1ccc(C(=O)N2C3CCC2CC(Br)C3)cc1Br. The van der Waals surface area contributed by atoms with E-state index in [4.69, 9.17) is 4.74 Å². The van der Waals surface area contributed by atoms with Gasteiger partial charge < -0.3 is 9.64 Å². The Balaban J connectivity index is 1.84.